The van der Waals surface area contributed by atoms with Crippen molar-refractivity contribution in [2.75, 3.05) is 11.1 Å². The molecule has 5 nitrogen and oxygen atoms in total. The first-order valence-electron chi connectivity index (χ1n) is 6.87. The largest absolute Gasteiger partial charge is 0.506 e. The van der Waals surface area contributed by atoms with E-state index in [2.05, 4.69) is 10.3 Å². The molecule has 0 bridgehead atoms. The Morgan fingerprint density at radius 3 is 2.87 bits per heavy atom. The fourth-order valence-electron chi connectivity index (χ4n) is 2.18. The molecule has 0 aliphatic carbocycles. The minimum absolute atomic E-state index is 0.0569. The number of benzene rings is 2. The summed E-state index contributed by atoms with van der Waals surface area (Å²) in [7, 11) is 1.92. The van der Waals surface area contributed by atoms with Crippen LogP contribution in [0, 0.1) is 0 Å². The van der Waals surface area contributed by atoms with Crippen LogP contribution in [0.3, 0.4) is 0 Å². The second-order valence-electron chi connectivity index (χ2n) is 4.94. The van der Waals surface area contributed by atoms with E-state index >= 15 is 0 Å². The molecule has 0 aliphatic rings. The van der Waals surface area contributed by atoms with Crippen molar-refractivity contribution < 1.29 is 9.90 Å². The Bertz CT molecular complexity index is 879. The van der Waals surface area contributed by atoms with E-state index in [4.69, 9.17) is 11.6 Å². The molecule has 118 valence electrons. The number of rotatable bonds is 4. The highest BCUT2D eigenvalue weighted by molar-refractivity contribution is 7.99. The number of phenols is 1. The zero-order valence-corrected chi connectivity index (χ0v) is 13.9. The number of phenolic OH excluding ortho intramolecular Hbond substituents is 1. The maximum Gasteiger partial charge on any atom is 0.234 e. The van der Waals surface area contributed by atoms with E-state index in [1.54, 1.807) is 12.1 Å². The first-order chi connectivity index (χ1) is 11.0. The molecule has 0 aliphatic heterocycles. The number of amides is 1. The number of aromatic hydroxyl groups is 1. The zero-order valence-electron chi connectivity index (χ0n) is 12.3. The van der Waals surface area contributed by atoms with Crippen molar-refractivity contribution in [2.24, 2.45) is 7.05 Å². The predicted octanol–water partition coefficient (Wildman–Crippen LogP) is 3.66. The summed E-state index contributed by atoms with van der Waals surface area (Å²) in [6.45, 7) is 0. The number of thioether (sulfide) groups is 1. The molecule has 23 heavy (non-hydrogen) atoms. The number of carbonyl (C=O) groups excluding carboxylic acids is 1. The summed E-state index contributed by atoms with van der Waals surface area (Å²) < 4.78 is 1.95. The normalized spacial score (nSPS) is 10.9. The van der Waals surface area contributed by atoms with Crippen molar-refractivity contribution in [3.8, 4) is 5.75 Å². The molecule has 7 heteroatoms. The van der Waals surface area contributed by atoms with Gasteiger partial charge in [0, 0.05) is 18.1 Å². The van der Waals surface area contributed by atoms with E-state index in [9.17, 15) is 9.90 Å². The number of anilines is 1. The molecule has 3 aromatic rings. The molecule has 0 saturated heterocycles. The van der Waals surface area contributed by atoms with Crippen molar-refractivity contribution in [3.05, 3.63) is 47.5 Å². The number of aryl methyl sites for hydroxylation is 1. The molecule has 0 radical (unpaired) electrons. The SMILES string of the molecule is Cn1c(SCC(=O)Nc2ccc(Cl)cc2O)nc2ccccc21. The maximum atomic E-state index is 12.0. The molecule has 2 aromatic carbocycles. The van der Waals surface area contributed by atoms with Gasteiger partial charge in [0.1, 0.15) is 5.75 Å². The van der Waals surface area contributed by atoms with Crippen LogP contribution in [0.5, 0.6) is 5.75 Å². The number of nitrogens with zero attached hydrogens (tertiary/aromatic N) is 2. The summed E-state index contributed by atoms with van der Waals surface area (Å²) in [4.78, 5) is 16.5. The Hall–Kier alpha value is -2.18. The van der Waals surface area contributed by atoms with Crippen LogP contribution in [0.1, 0.15) is 0 Å². The van der Waals surface area contributed by atoms with Gasteiger partial charge < -0.3 is 15.0 Å². The van der Waals surface area contributed by atoms with Crippen molar-refractivity contribution in [3.63, 3.8) is 0 Å². The van der Waals surface area contributed by atoms with Crippen molar-refractivity contribution in [1.29, 1.82) is 0 Å². The Labute approximate surface area is 142 Å². The summed E-state index contributed by atoms with van der Waals surface area (Å²) in [5.41, 5.74) is 2.25. The van der Waals surface area contributed by atoms with Crippen LogP contribution in [0.15, 0.2) is 47.6 Å². The van der Waals surface area contributed by atoms with Crippen LogP contribution in [0.2, 0.25) is 5.02 Å². The number of aromatic nitrogens is 2. The van der Waals surface area contributed by atoms with Gasteiger partial charge in [0.05, 0.1) is 22.5 Å². The van der Waals surface area contributed by atoms with E-state index in [1.165, 1.54) is 17.8 Å². The van der Waals surface area contributed by atoms with Gasteiger partial charge in [-0.05, 0) is 24.3 Å². The monoisotopic (exact) mass is 347 g/mol. The number of halogens is 1. The van der Waals surface area contributed by atoms with Crippen LogP contribution < -0.4 is 5.32 Å². The molecule has 1 aromatic heterocycles. The lowest BCUT2D eigenvalue weighted by atomic mass is 10.3. The minimum atomic E-state index is -0.223. The number of hydrogen-bond acceptors (Lipinski definition) is 4. The number of hydrogen-bond donors (Lipinski definition) is 2. The second kappa shape index (κ2) is 6.52. The molecule has 2 N–H and O–H groups in total. The van der Waals surface area contributed by atoms with Gasteiger partial charge in [0.15, 0.2) is 5.16 Å². The van der Waals surface area contributed by atoms with Gasteiger partial charge in [0.25, 0.3) is 0 Å². The number of imidazole rings is 1. The van der Waals surface area contributed by atoms with Gasteiger partial charge in [0.2, 0.25) is 5.91 Å². The molecule has 3 rings (SSSR count). The van der Waals surface area contributed by atoms with Gasteiger partial charge in [-0.2, -0.15) is 0 Å². The van der Waals surface area contributed by atoms with Crippen LogP contribution in [0.25, 0.3) is 11.0 Å². The molecule has 0 unspecified atom stereocenters. The van der Waals surface area contributed by atoms with Gasteiger partial charge in [-0.25, -0.2) is 4.98 Å². The summed E-state index contributed by atoms with van der Waals surface area (Å²) >= 11 is 7.10. The fraction of sp³-hybridized carbons (Fsp3) is 0.125. The minimum Gasteiger partial charge on any atom is -0.506 e. The first kappa shape index (κ1) is 15.7. The topological polar surface area (TPSA) is 67.2 Å². The molecular formula is C16H14ClN3O2S. The third-order valence-corrected chi connectivity index (χ3v) is 4.58. The van der Waals surface area contributed by atoms with Gasteiger partial charge in [-0.1, -0.05) is 35.5 Å². The molecule has 0 spiro atoms. The lowest BCUT2D eigenvalue weighted by Crippen LogP contribution is -2.14. The average molecular weight is 348 g/mol. The summed E-state index contributed by atoms with van der Waals surface area (Å²) in [6.07, 6.45) is 0. The van der Waals surface area contributed by atoms with Crippen LogP contribution in [-0.4, -0.2) is 26.3 Å². The van der Waals surface area contributed by atoms with Gasteiger partial charge in [-0.3, -0.25) is 4.79 Å². The highest BCUT2D eigenvalue weighted by Gasteiger charge is 2.11. The van der Waals surface area contributed by atoms with Crippen LogP contribution >= 0.6 is 23.4 Å². The molecular weight excluding hydrogens is 334 g/mol. The molecule has 0 fully saturated rings. The number of carbonyl (C=O) groups is 1. The third-order valence-electron chi connectivity index (χ3n) is 3.31. The van der Waals surface area contributed by atoms with E-state index in [1.807, 2.05) is 35.9 Å². The Morgan fingerprint density at radius 2 is 2.13 bits per heavy atom. The molecule has 1 amide bonds. The average Bonchev–Trinajstić information content (AvgIpc) is 2.85. The van der Waals surface area contributed by atoms with E-state index < -0.39 is 0 Å². The van der Waals surface area contributed by atoms with Gasteiger partial charge in [-0.15, -0.1) is 0 Å². The lowest BCUT2D eigenvalue weighted by Gasteiger charge is -2.07. The highest BCUT2D eigenvalue weighted by atomic mass is 35.5. The maximum absolute atomic E-state index is 12.0. The lowest BCUT2D eigenvalue weighted by molar-refractivity contribution is -0.113. The van der Waals surface area contributed by atoms with Crippen molar-refractivity contribution in [2.45, 2.75) is 5.16 Å². The predicted molar refractivity (Wildman–Crippen MR) is 93.2 cm³/mol. The summed E-state index contributed by atoms with van der Waals surface area (Å²) in [6, 6.07) is 12.4. The van der Waals surface area contributed by atoms with Crippen LogP contribution in [0.4, 0.5) is 5.69 Å². The number of nitrogens with one attached hydrogen (secondary N) is 1. The van der Waals surface area contributed by atoms with Crippen molar-refractivity contribution in [1.82, 2.24) is 9.55 Å². The van der Waals surface area contributed by atoms with E-state index in [0.29, 0.717) is 10.7 Å². The Balaban J connectivity index is 1.67. The molecule has 0 saturated carbocycles. The fourth-order valence-corrected chi connectivity index (χ4v) is 3.13. The standard InChI is InChI=1S/C16H14ClN3O2S/c1-20-13-5-3-2-4-11(13)19-16(20)23-9-15(22)18-12-7-6-10(17)8-14(12)21/h2-8,21H,9H2,1H3,(H,18,22). The number of fused-ring (bicyclic) bond motifs is 1. The van der Waals surface area contributed by atoms with Crippen molar-refractivity contribution >= 4 is 46.0 Å². The van der Waals surface area contributed by atoms with E-state index in [-0.39, 0.29) is 17.4 Å². The summed E-state index contributed by atoms with van der Waals surface area (Å²) in [5.74, 6) is -0.0857. The van der Waals surface area contributed by atoms with Gasteiger partial charge >= 0.3 is 0 Å². The number of para-hydroxylation sites is 2. The third kappa shape index (κ3) is 3.43. The summed E-state index contributed by atoms with van der Waals surface area (Å²) in [5, 5.41) is 13.6. The van der Waals surface area contributed by atoms with E-state index in [0.717, 1.165) is 16.2 Å². The molecule has 1 heterocycles. The Morgan fingerprint density at radius 1 is 1.35 bits per heavy atom. The first-order valence-corrected chi connectivity index (χ1v) is 8.23. The second-order valence-corrected chi connectivity index (χ2v) is 6.32. The Kier molecular flexibility index (Phi) is 4.45. The smallest absolute Gasteiger partial charge is 0.234 e. The van der Waals surface area contributed by atoms with Crippen LogP contribution in [-0.2, 0) is 11.8 Å². The highest BCUT2D eigenvalue weighted by Crippen LogP contribution is 2.27. The quantitative estimate of drug-likeness (QED) is 0.558. The molecule has 0 atom stereocenters. The zero-order chi connectivity index (χ0) is 16.4.